The molecule has 10 rings (SSSR count). The first-order valence-corrected chi connectivity index (χ1v) is 19.1. The summed E-state index contributed by atoms with van der Waals surface area (Å²) in [6.07, 6.45) is 0. The Morgan fingerprint density at radius 2 is 0.907 bits per heavy atom. The Morgan fingerprint density at radius 1 is 0.389 bits per heavy atom. The Bertz CT molecular complexity index is 2920. The van der Waals surface area contributed by atoms with E-state index in [0.29, 0.717) is 5.92 Å². The molecule has 0 heterocycles. The zero-order valence-electron chi connectivity index (χ0n) is 31.2. The molecule has 9 aromatic rings. The van der Waals surface area contributed by atoms with Gasteiger partial charge in [-0.2, -0.15) is 0 Å². The Hall–Kier alpha value is -6.44. The summed E-state index contributed by atoms with van der Waals surface area (Å²) < 4.78 is 0. The first-order chi connectivity index (χ1) is 26.4. The van der Waals surface area contributed by atoms with Crippen LogP contribution < -0.4 is 4.90 Å². The van der Waals surface area contributed by atoms with Gasteiger partial charge in [0, 0.05) is 17.1 Å². The normalized spacial score (nSPS) is 11.9. The number of fused-ring (bicyclic) bond motifs is 7. The van der Waals surface area contributed by atoms with Crippen molar-refractivity contribution in [3.63, 3.8) is 0 Å². The van der Waals surface area contributed by atoms with E-state index in [4.69, 9.17) is 0 Å². The van der Waals surface area contributed by atoms with Crippen LogP contribution in [0.2, 0.25) is 0 Å². The van der Waals surface area contributed by atoms with Gasteiger partial charge >= 0.3 is 0 Å². The summed E-state index contributed by atoms with van der Waals surface area (Å²) in [5.74, 6) is 0.443. The highest BCUT2D eigenvalue weighted by atomic mass is 15.1. The molecule has 258 valence electrons. The second-order valence-electron chi connectivity index (χ2n) is 15.2. The molecule has 1 aliphatic carbocycles. The van der Waals surface area contributed by atoms with Crippen molar-refractivity contribution in [1.29, 1.82) is 0 Å². The predicted octanol–water partition coefficient (Wildman–Crippen LogP) is 15.3. The van der Waals surface area contributed by atoms with Gasteiger partial charge in [0.15, 0.2) is 0 Å². The van der Waals surface area contributed by atoms with Gasteiger partial charge in [0.2, 0.25) is 0 Å². The van der Waals surface area contributed by atoms with Crippen LogP contribution in [0.4, 0.5) is 17.1 Å². The maximum absolute atomic E-state index is 2.48. The molecule has 0 saturated carbocycles. The third kappa shape index (κ3) is 5.07. The molecular weight excluding hydrogens is 651 g/mol. The molecule has 0 spiro atoms. The summed E-state index contributed by atoms with van der Waals surface area (Å²) in [4.78, 5) is 2.46. The highest BCUT2D eigenvalue weighted by molar-refractivity contribution is 6.24. The van der Waals surface area contributed by atoms with Crippen LogP contribution in [-0.2, 0) is 0 Å². The quantitative estimate of drug-likeness (QED) is 0.157. The first kappa shape index (κ1) is 32.2. The number of benzene rings is 9. The molecule has 0 amide bonds. The van der Waals surface area contributed by atoms with Gasteiger partial charge in [0.25, 0.3) is 0 Å². The predicted molar refractivity (Wildman–Crippen MR) is 233 cm³/mol. The van der Waals surface area contributed by atoms with Crippen molar-refractivity contribution in [1.82, 2.24) is 0 Å². The van der Waals surface area contributed by atoms with E-state index in [0.717, 1.165) is 0 Å². The lowest BCUT2D eigenvalue weighted by molar-refractivity contribution is 0.865. The number of aryl methyl sites for hydroxylation is 2. The molecule has 0 radical (unpaired) electrons. The van der Waals surface area contributed by atoms with Crippen molar-refractivity contribution in [2.24, 2.45) is 0 Å². The molecule has 1 heteroatoms. The maximum atomic E-state index is 2.48. The van der Waals surface area contributed by atoms with Crippen LogP contribution in [0.1, 0.15) is 36.5 Å². The van der Waals surface area contributed by atoms with Gasteiger partial charge in [-0.1, -0.05) is 135 Å². The molecule has 0 unspecified atom stereocenters. The topological polar surface area (TPSA) is 3.24 Å². The third-order valence-electron chi connectivity index (χ3n) is 11.6. The summed E-state index contributed by atoms with van der Waals surface area (Å²) in [6, 6.07) is 63.2. The summed E-state index contributed by atoms with van der Waals surface area (Å²) in [6.45, 7) is 8.99. The Morgan fingerprint density at radius 3 is 1.50 bits per heavy atom. The lowest BCUT2D eigenvalue weighted by Crippen LogP contribution is -2.13. The van der Waals surface area contributed by atoms with E-state index >= 15 is 0 Å². The molecule has 9 aromatic carbocycles. The lowest BCUT2D eigenvalue weighted by Gasteiger charge is -2.30. The second-order valence-corrected chi connectivity index (χ2v) is 15.2. The fraction of sp³-hybridized carbons (Fsp3) is 0.0943. The van der Waals surface area contributed by atoms with Gasteiger partial charge in [0.1, 0.15) is 0 Å². The van der Waals surface area contributed by atoms with Crippen LogP contribution in [0.15, 0.2) is 170 Å². The molecule has 0 aromatic heterocycles. The molecule has 0 bridgehead atoms. The van der Waals surface area contributed by atoms with Crippen LogP contribution in [0, 0.1) is 13.8 Å². The largest absolute Gasteiger partial charge is 0.310 e. The molecule has 54 heavy (non-hydrogen) atoms. The minimum Gasteiger partial charge on any atom is -0.310 e. The van der Waals surface area contributed by atoms with Crippen LogP contribution >= 0.6 is 0 Å². The number of para-hydroxylation sites is 1. The van der Waals surface area contributed by atoms with Crippen LogP contribution in [0.25, 0.3) is 76.8 Å². The number of rotatable bonds is 6. The van der Waals surface area contributed by atoms with E-state index in [9.17, 15) is 0 Å². The molecule has 0 atom stereocenters. The highest BCUT2D eigenvalue weighted by Crippen LogP contribution is 2.54. The molecule has 1 aliphatic rings. The van der Waals surface area contributed by atoms with E-state index < -0.39 is 0 Å². The van der Waals surface area contributed by atoms with E-state index in [1.165, 1.54) is 111 Å². The van der Waals surface area contributed by atoms with Crippen molar-refractivity contribution in [3.05, 3.63) is 187 Å². The van der Waals surface area contributed by atoms with Crippen LogP contribution in [0.3, 0.4) is 0 Å². The second kappa shape index (κ2) is 12.6. The minimum absolute atomic E-state index is 0.443. The molecule has 0 saturated heterocycles. The van der Waals surface area contributed by atoms with E-state index in [2.05, 4.69) is 202 Å². The molecule has 0 aliphatic heterocycles. The zero-order chi connectivity index (χ0) is 36.5. The van der Waals surface area contributed by atoms with Crippen molar-refractivity contribution >= 4 is 49.4 Å². The molecule has 1 nitrogen and oxygen atoms in total. The van der Waals surface area contributed by atoms with Crippen molar-refractivity contribution < 1.29 is 0 Å². The third-order valence-corrected chi connectivity index (χ3v) is 11.6. The average molecular weight is 692 g/mol. The number of hydrogen-bond donors (Lipinski definition) is 0. The number of hydrogen-bond acceptors (Lipinski definition) is 1. The maximum Gasteiger partial charge on any atom is 0.0493 e. The van der Waals surface area contributed by atoms with Gasteiger partial charge in [0.05, 0.1) is 0 Å². The summed E-state index contributed by atoms with van der Waals surface area (Å²) in [5, 5.41) is 7.67. The Kier molecular flexibility index (Phi) is 7.52. The van der Waals surface area contributed by atoms with Crippen molar-refractivity contribution in [3.8, 4) is 44.5 Å². The lowest BCUT2D eigenvalue weighted by atomic mass is 9.75. The van der Waals surface area contributed by atoms with Gasteiger partial charge in [-0.3, -0.25) is 0 Å². The monoisotopic (exact) mass is 691 g/mol. The number of nitrogens with zero attached hydrogens (tertiary/aromatic N) is 1. The Balaban J connectivity index is 1.19. The minimum atomic E-state index is 0.443. The fourth-order valence-electron chi connectivity index (χ4n) is 8.76. The van der Waals surface area contributed by atoms with Gasteiger partial charge in [-0.25, -0.2) is 0 Å². The van der Waals surface area contributed by atoms with Crippen molar-refractivity contribution in [2.75, 3.05) is 4.90 Å². The summed E-state index contributed by atoms with van der Waals surface area (Å²) in [7, 11) is 0. The SMILES string of the molecule is Cc1ccccc1N(c1ccc2cc3c(cc2c1)-c1cc2c(-c4ccccc4)c4ccccc4c(-c4ccccc4)c2cc1-3)c1cc(C(C)C)ccc1C. The van der Waals surface area contributed by atoms with Crippen molar-refractivity contribution in [2.45, 2.75) is 33.6 Å². The standard InChI is InChI=1S/C53H41N/c1-33(2)38-24-23-35(4)51(30-38)54(50-22-14-11-15-34(50)3)41-26-25-39-28-44-45(29-40(39)27-41)47-32-49-48(31-46(44)47)52(36-16-7-5-8-17-36)42-20-12-13-21-43(42)53(49)37-18-9-6-10-19-37/h5-33H,1-4H3. The van der Waals surface area contributed by atoms with Gasteiger partial charge in [-0.15, -0.1) is 0 Å². The van der Waals surface area contributed by atoms with E-state index in [1.54, 1.807) is 0 Å². The number of anilines is 3. The van der Waals surface area contributed by atoms with Crippen LogP contribution in [-0.4, -0.2) is 0 Å². The summed E-state index contributed by atoms with van der Waals surface area (Å²) in [5.41, 5.74) is 17.9. The highest BCUT2D eigenvalue weighted by Gasteiger charge is 2.27. The molecular formula is C53H41N. The molecule has 0 N–H and O–H groups in total. The van der Waals surface area contributed by atoms with E-state index in [-0.39, 0.29) is 0 Å². The first-order valence-electron chi connectivity index (χ1n) is 19.1. The zero-order valence-corrected chi connectivity index (χ0v) is 31.2. The van der Waals surface area contributed by atoms with Gasteiger partial charge < -0.3 is 4.90 Å². The fourth-order valence-corrected chi connectivity index (χ4v) is 8.76. The van der Waals surface area contributed by atoms with Crippen LogP contribution in [0.5, 0.6) is 0 Å². The average Bonchev–Trinajstić information content (AvgIpc) is 3.20. The summed E-state index contributed by atoms with van der Waals surface area (Å²) >= 11 is 0. The van der Waals surface area contributed by atoms with E-state index in [1.807, 2.05) is 0 Å². The smallest absolute Gasteiger partial charge is 0.0493 e. The Labute approximate surface area is 317 Å². The van der Waals surface area contributed by atoms with Gasteiger partial charge in [-0.05, 0) is 162 Å². The molecule has 0 fully saturated rings.